The van der Waals surface area contributed by atoms with Gasteiger partial charge in [-0.1, -0.05) is 29.3 Å². The van der Waals surface area contributed by atoms with E-state index in [9.17, 15) is 13.2 Å². The fourth-order valence-electron chi connectivity index (χ4n) is 2.00. The molecule has 0 saturated heterocycles. The Bertz CT molecular complexity index is 569. The van der Waals surface area contributed by atoms with Crippen LogP contribution in [-0.4, -0.2) is 15.2 Å². The summed E-state index contributed by atoms with van der Waals surface area (Å²) in [4.78, 5) is 3.39. The third-order valence-corrected chi connectivity index (χ3v) is 2.69. The van der Waals surface area contributed by atoms with E-state index in [0.717, 1.165) is 16.7 Å². The quantitative estimate of drug-likeness (QED) is 0.907. The van der Waals surface area contributed by atoms with E-state index >= 15 is 0 Å². The first-order valence-corrected chi connectivity index (χ1v) is 6.11. The van der Waals surface area contributed by atoms with E-state index in [0.29, 0.717) is 6.54 Å². The van der Waals surface area contributed by atoms with Crippen LogP contribution < -0.4 is 5.32 Å². The number of aromatic amines is 1. The summed E-state index contributed by atoms with van der Waals surface area (Å²) >= 11 is 0. The van der Waals surface area contributed by atoms with Crippen molar-refractivity contribution in [1.29, 1.82) is 0 Å². The molecule has 0 bridgehead atoms. The molecule has 2 aromatic rings. The Morgan fingerprint density at radius 2 is 1.75 bits per heavy atom. The van der Waals surface area contributed by atoms with Gasteiger partial charge in [-0.2, -0.15) is 13.2 Å². The molecule has 0 spiro atoms. The van der Waals surface area contributed by atoms with Gasteiger partial charge < -0.3 is 5.32 Å². The molecule has 1 aromatic heterocycles. The maximum absolute atomic E-state index is 12.3. The van der Waals surface area contributed by atoms with E-state index in [-0.39, 0.29) is 12.4 Å². The highest BCUT2D eigenvalue weighted by Crippen LogP contribution is 2.25. The molecular formula is C13H15F3N4. The summed E-state index contributed by atoms with van der Waals surface area (Å²) in [5.74, 6) is -0.970. The minimum atomic E-state index is -4.51. The molecule has 108 valence electrons. The molecule has 0 atom stereocenters. The second-order valence-corrected chi connectivity index (χ2v) is 4.70. The highest BCUT2D eigenvalue weighted by Gasteiger charge is 2.35. The number of nitrogens with zero attached hydrogens (tertiary/aromatic N) is 2. The molecule has 2 rings (SSSR count). The zero-order valence-electron chi connectivity index (χ0n) is 11.2. The topological polar surface area (TPSA) is 53.6 Å². The van der Waals surface area contributed by atoms with Crippen LogP contribution in [0.15, 0.2) is 18.2 Å². The summed E-state index contributed by atoms with van der Waals surface area (Å²) in [6.45, 7) is 4.77. The van der Waals surface area contributed by atoms with E-state index in [4.69, 9.17) is 0 Å². The summed E-state index contributed by atoms with van der Waals surface area (Å²) < 4.78 is 36.9. The van der Waals surface area contributed by atoms with Crippen LogP contribution in [0.2, 0.25) is 0 Å². The molecule has 2 N–H and O–H groups in total. The third kappa shape index (κ3) is 3.80. The molecule has 0 amide bonds. The summed E-state index contributed by atoms with van der Waals surface area (Å²) in [5, 5.41) is 8.45. The van der Waals surface area contributed by atoms with Crippen LogP contribution >= 0.6 is 0 Å². The van der Waals surface area contributed by atoms with E-state index < -0.39 is 12.0 Å². The first-order chi connectivity index (χ1) is 9.34. The van der Waals surface area contributed by atoms with E-state index in [1.165, 1.54) is 0 Å². The molecule has 0 fully saturated rings. The molecule has 4 nitrogen and oxygen atoms in total. The van der Waals surface area contributed by atoms with Gasteiger partial charge in [0.05, 0.1) is 6.54 Å². The number of halogens is 3. The zero-order valence-corrected chi connectivity index (χ0v) is 11.2. The molecule has 20 heavy (non-hydrogen) atoms. The Morgan fingerprint density at radius 3 is 2.30 bits per heavy atom. The van der Waals surface area contributed by atoms with Crippen molar-refractivity contribution in [2.24, 2.45) is 0 Å². The minimum Gasteiger partial charge on any atom is -0.306 e. The van der Waals surface area contributed by atoms with Crippen LogP contribution in [0.1, 0.15) is 28.3 Å². The van der Waals surface area contributed by atoms with Gasteiger partial charge in [0, 0.05) is 6.54 Å². The van der Waals surface area contributed by atoms with Gasteiger partial charge in [0.25, 0.3) is 5.82 Å². The van der Waals surface area contributed by atoms with Crippen LogP contribution in [-0.2, 0) is 19.3 Å². The van der Waals surface area contributed by atoms with Crippen LogP contribution in [0.25, 0.3) is 0 Å². The average Bonchev–Trinajstić information content (AvgIpc) is 2.76. The Hall–Kier alpha value is -1.89. The number of hydrogen-bond acceptors (Lipinski definition) is 3. The molecule has 0 unspecified atom stereocenters. The number of alkyl halides is 3. The summed E-state index contributed by atoms with van der Waals surface area (Å²) in [6, 6.07) is 6.12. The van der Waals surface area contributed by atoms with Gasteiger partial charge in [-0.05, 0) is 19.4 Å². The van der Waals surface area contributed by atoms with Crippen molar-refractivity contribution in [2.45, 2.75) is 33.1 Å². The Labute approximate surface area is 114 Å². The van der Waals surface area contributed by atoms with Crippen molar-refractivity contribution < 1.29 is 13.2 Å². The second-order valence-electron chi connectivity index (χ2n) is 4.70. The Morgan fingerprint density at radius 1 is 1.10 bits per heavy atom. The SMILES string of the molecule is Cc1cc(C)cc(CNCc2nc(C(F)(F)F)n[nH]2)c1. The van der Waals surface area contributed by atoms with Gasteiger partial charge in [-0.15, -0.1) is 5.10 Å². The highest BCUT2D eigenvalue weighted by atomic mass is 19.4. The van der Waals surface area contributed by atoms with Crippen molar-refractivity contribution in [3.05, 3.63) is 46.5 Å². The van der Waals surface area contributed by atoms with Gasteiger partial charge in [0.2, 0.25) is 0 Å². The molecule has 0 radical (unpaired) electrons. The maximum atomic E-state index is 12.3. The summed E-state index contributed by atoms with van der Waals surface area (Å²) in [7, 11) is 0. The monoisotopic (exact) mass is 284 g/mol. The number of hydrogen-bond donors (Lipinski definition) is 2. The third-order valence-electron chi connectivity index (χ3n) is 2.69. The fraction of sp³-hybridized carbons (Fsp3) is 0.385. The molecule has 1 heterocycles. The lowest BCUT2D eigenvalue weighted by Crippen LogP contribution is -2.14. The first-order valence-electron chi connectivity index (χ1n) is 6.11. The molecule has 0 saturated carbocycles. The average molecular weight is 284 g/mol. The number of aryl methyl sites for hydroxylation is 2. The summed E-state index contributed by atoms with van der Waals surface area (Å²) in [5.41, 5.74) is 3.39. The number of nitrogens with one attached hydrogen (secondary N) is 2. The van der Waals surface area contributed by atoms with Crippen molar-refractivity contribution in [1.82, 2.24) is 20.5 Å². The molecule has 0 aliphatic heterocycles. The number of benzene rings is 1. The van der Waals surface area contributed by atoms with Gasteiger partial charge in [-0.25, -0.2) is 4.98 Å². The Balaban J connectivity index is 1.91. The molecule has 0 aliphatic carbocycles. The van der Waals surface area contributed by atoms with Gasteiger partial charge >= 0.3 is 6.18 Å². The van der Waals surface area contributed by atoms with Crippen molar-refractivity contribution in [3.63, 3.8) is 0 Å². The maximum Gasteiger partial charge on any atom is 0.453 e. The standard InChI is InChI=1S/C13H15F3N4/c1-8-3-9(2)5-10(4-8)6-17-7-11-18-12(20-19-11)13(14,15)16/h3-5,17H,6-7H2,1-2H3,(H,18,19,20). The predicted molar refractivity (Wildman–Crippen MR) is 67.8 cm³/mol. The van der Waals surface area contributed by atoms with E-state index in [2.05, 4.69) is 26.6 Å². The van der Waals surface area contributed by atoms with Crippen molar-refractivity contribution in [3.8, 4) is 0 Å². The van der Waals surface area contributed by atoms with Crippen molar-refractivity contribution in [2.75, 3.05) is 0 Å². The lowest BCUT2D eigenvalue weighted by atomic mass is 10.1. The number of rotatable bonds is 4. The smallest absolute Gasteiger partial charge is 0.306 e. The molecule has 7 heteroatoms. The first kappa shape index (κ1) is 14.5. The van der Waals surface area contributed by atoms with Crippen LogP contribution in [0.5, 0.6) is 0 Å². The van der Waals surface area contributed by atoms with E-state index in [1.807, 2.05) is 26.0 Å². The molecular weight excluding hydrogens is 269 g/mol. The predicted octanol–water partition coefficient (Wildman–Crippen LogP) is 2.73. The molecule has 0 aliphatic rings. The number of aromatic nitrogens is 3. The fourth-order valence-corrected chi connectivity index (χ4v) is 2.00. The van der Waals surface area contributed by atoms with Crippen LogP contribution in [0, 0.1) is 13.8 Å². The van der Waals surface area contributed by atoms with Crippen LogP contribution in [0.3, 0.4) is 0 Å². The lowest BCUT2D eigenvalue weighted by molar-refractivity contribution is -0.144. The zero-order chi connectivity index (χ0) is 14.8. The van der Waals surface area contributed by atoms with Gasteiger partial charge in [0.1, 0.15) is 5.82 Å². The minimum absolute atomic E-state index is 0.168. The van der Waals surface area contributed by atoms with Crippen molar-refractivity contribution >= 4 is 0 Å². The highest BCUT2D eigenvalue weighted by molar-refractivity contribution is 5.28. The van der Waals surface area contributed by atoms with Gasteiger partial charge in [0.15, 0.2) is 0 Å². The lowest BCUT2D eigenvalue weighted by Gasteiger charge is -2.05. The Kier molecular flexibility index (Phi) is 4.08. The van der Waals surface area contributed by atoms with Gasteiger partial charge in [-0.3, -0.25) is 5.10 Å². The largest absolute Gasteiger partial charge is 0.453 e. The normalized spacial score (nSPS) is 11.8. The number of H-pyrrole nitrogens is 1. The van der Waals surface area contributed by atoms with E-state index in [1.54, 1.807) is 0 Å². The van der Waals surface area contributed by atoms with Crippen LogP contribution in [0.4, 0.5) is 13.2 Å². The summed E-state index contributed by atoms with van der Waals surface area (Å²) in [6.07, 6.45) is -4.51. The molecule has 1 aromatic carbocycles. The second kappa shape index (κ2) is 5.62.